The van der Waals surface area contributed by atoms with Crippen LogP contribution in [0.3, 0.4) is 0 Å². The molecule has 26 heavy (non-hydrogen) atoms. The van der Waals surface area contributed by atoms with Crippen LogP contribution in [0.25, 0.3) is 43.8 Å². The molecule has 0 atom stereocenters. The molecule has 0 N–H and O–H groups in total. The van der Waals surface area contributed by atoms with E-state index < -0.39 is 0 Å². The van der Waals surface area contributed by atoms with Crippen molar-refractivity contribution in [2.24, 2.45) is 0 Å². The van der Waals surface area contributed by atoms with E-state index in [1.165, 1.54) is 0 Å². The molecule has 0 aromatic heterocycles. The Hall–Kier alpha value is -3.38. The Morgan fingerprint density at radius 1 is 0.423 bits per heavy atom. The Kier molecular flexibility index (Phi) is 2.51. The zero-order chi connectivity index (χ0) is 21.7. The molecule has 5 aromatic rings. The maximum Gasteiger partial charge on any atom is 0.0629 e. The fourth-order valence-corrected chi connectivity index (χ4v) is 3.69. The van der Waals surface area contributed by atoms with Gasteiger partial charge in [-0.1, -0.05) is 109 Å². The average Bonchev–Trinajstić information content (AvgIpc) is 2.81. The summed E-state index contributed by atoms with van der Waals surface area (Å²) in [5.41, 5.74) is 3.05. The van der Waals surface area contributed by atoms with E-state index in [1.54, 1.807) is 0 Å². The van der Waals surface area contributed by atoms with Crippen LogP contribution in [0.15, 0.2) is 109 Å². The molecule has 5 aromatic carbocycles. The van der Waals surface area contributed by atoms with Crippen molar-refractivity contribution in [3.05, 3.63) is 109 Å². The SMILES string of the molecule is [2H]c1c([2H])c([2H])c(-c2c3ccccc3c(-c3ccccc3)c3ccccc23)c([2H])c1[2H]. The van der Waals surface area contributed by atoms with Crippen LogP contribution in [-0.4, -0.2) is 0 Å². The molecule has 0 saturated carbocycles. The fraction of sp³-hybridized carbons (Fsp3) is 0. The Morgan fingerprint density at radius 3 is 1.35 bits per heavy atom. The van der Waals surface area contributed by atoms with E-state index in [0.29, 0.717) is 5.56 Å². The molecule has 0 nitrogen and oxygen atoms in total. The molecular formula is C26H18. The summed E-state index contributed by atoms with van der Waals surface area (Å²) in [6.45, 7) is 0. The van der Waals surface area contributed by atoms with Crippen LogP contribution in [0.5, 0.6) is 0 Å². The minimum absolute atomic E-state index is 0.186. The van der Waals surface area contributed by atoms with Gasteiger partial charge in [-0.25, -0.2) is 0 Å². The molecule has 0 fully saturated rings. The zero-order valence-electron chi connectivity index (χ0n) is 19.0. The first-order valence-corrected chi connectivity index (χ1v) is 8.57. The van der Waals surface area contributed by atoms with Crippen LogP contribution < -0.4 is 0 Å². The second-order valence-corrected chi connectivity index (χ2v) is 6.21. The van der Waals surface area contributed by atoms with E-state index in [0.717, 1.165) is 32.7 Å². The molecule has 0 spiro atoms. The minimum atomic E-state index is -0.381. The van der Waals surface area contributed by atoms with Crippen molar-refractivity contribution in [2.45, 2.75) is 0 Å². The summed E-state index contributed by atoms with van der Waals surface area (Å²) in [5, 5.41) is 3.68. The van der Waals surface area contributed by atoms with Gasteiger partial charge in [0.15, 0.2) is 0 Å². The monoisotopic (exact) mass is 335 g/mol. The van der Waals surface area contributed by atoms with Gasteiger partial charge in [-0.2, -0.15) is 0 Å². The molecule has 0 amide bonds. The topological polar surface area (TPSA) is 0 Å². The Balaban J connectivity index is 2.05. The third-order valence-corrected chi connectivity index (χ3v) is 4.74. The lowest BCUT2D eigenvalue weighted by Crippen LogP contribution is -1.90. The molecular weight excluding hydrogens is 312 g/mol. The molecule has 0 aliphatic heterocycles. The van der Waals surface area contributed by atoms with Crippen molar-refractivity contribution in [2.75, 3.05) is 0 Å². The Labute approximate surface area is 160 Å². The van der Waals surface area contributed by atoms with Crippen molar-refractivity contribution in [1.82, 2.24) is 0 Å². The predicted molar refractivity (Wildman–Crippen MR) is 112 cm³/mol. The molecule has 0 saturated heterocycles. The van der Waals surface area contributed by atoms with E-state index in [4.69, 9.17) is 6.85 Å². The molecule has 0 radical (unpaired) electrons. The van der Waals surface area contributed by atoms with Gasteiger partial charge in [0.2, 0.25) is 0 Å². The van der Waals surface area contributed by atoms with Crippen LogP contribution in [0.2, 0.25) is 0 Å². The zero-order valence-corrected chi connectivity index (χ0v) is 14.0. The van der Waals surface area contributed by atoms with E-state index >= 15 is 0 Å². The van der Waals surface area contributed by atoms with Crippen molar-refractivity contribution in [1.29, 1.82) is 0 Å². The van der Waals surface area contributed by atoms with Crippen LogP contribution in [0.1, 0.15) is 6.85 Å². The Bertz CT molecular complexity index is 1390. The number of rotatable bonds is 2. The molecule has 0 unspecified atom stereocenters. The molecule has 0 heteroatoms. The maximum atomic E-state index is 8.57. The third kappa shape index (κ3) is 2.31. The van der Waals surface area contributed by atoms with E-state index in [-0.39, 0.29) is 35.8 Å². The van der Waals surface area contributed by atoms with E-state index in [2.05, 4.69) is 12.1 Å². The second-order valence-electron chi connectivity index (χ2n) is 6.21. The first kappa shape index (κ1) is 10.6. The number of hydrogen-bond acceptors (Lipinski definition) is 0. The van der Waals surface area contributed by atoms with Crippen molar-refractivity contribution in [3.63, 3.8) is 0 Å². The smallest absolute Gasteiger partial charge is 0.0622 e. The van der Waals surface area contributed by atoms with Crippen LogP contribution >= 0.6 is 0 Å². The van der Waals surface area contributed by atoms with Gasteiger partial charge in [0, 0.05) is 0 Å². The van der Waals surface area contributed by atoms with Gasteiger partial charge in [0.05, 0.1) is 6.85 Å². The normalized spacial score (nSPS) is 13.8. The van der Waals surface area contributed by atoms with Crippen molar-refractivity contribution in [3.8, 4) is 22.3 Å². The highest BCUT2D eigenvalue weighted by atomic mass is 14.2. The molecule has 122 valence electrons. The lowest BCUT2D eigenvalue weighted by molar-refractivity contribution is 1.65. The largest absolute Gasteiger partial charge is 0.0629 e. The summed E-state index contributed by atoms with van der Waals surface area (Å²) >= 11 is 0. The summed E-state index contributed by atoms with van der Waals surface area (Å²) in [6, 6.07) is 24.5. The van der Waals surface area contributed by atoms with Crippen LogP contribution in [0.4, 0.5) is 0 Å². The number of fused-ring (bicyclic) bond motifs is 2. The molecule has 0 aliphatic carbocycles. The van der Waals surface area contributed by atoms with Gasteiger partial charge in [-0.05, 0) is 43.8 Å². The predicted octanol–water partition coefficient (Wildman–Crippen LogP) is 7.33. The summed E-state index contributed by atoms with van der Waals surface area (Å²) < 4.78 is 41.5. The fourth-order valence-electron chi connectivity index (χ4n) is 3.69. The second kappa shape index (κ2) is 6.16. The standard InChI is InChI=1S/C26H18/c1-3-11-19(12-4-1)25-21-15-7-9-17-23(21)26(20-13-5-2-6-14-20)24-18-10-8-16-22(24)25/h1-18H/i1D,3D,4D,11D,12D. The first-order valence-electron chi connectivity index (χ1n) is 11.1. The Morgan fingerprint density at radius 2 is 0.846 bits per heavy atom. The highest BCUT2D eigenvalue weighted by Crippen LogP contribution is 2.43. The first-order chi connectivity index (χ1) is 15.0. The molecule has 0 heterocycles. The highest BCUT2D eigenvalue weighted by Gasteiger charge is 2.15. The lowest BCUT2D eigenvalue weighted by atomic mass is 9.86. The van der Waals surface area contributed by atoms with Gasteiger partial charge in [0.25, 0.3) is 0 Å². The van der Waals surface area contributed by atoms with Gasteiger partial charge >= 0.3 is 0 Å². The third-order valence-electron chi connectivity index (χ3n) is 4.74. The molecule has 0 bridgehead atoms. The lowest BCUT2D eigenvalue weighted by Gasteiger charge is -2.17. The van der Waals surface area contributed by atoms with Gasteiger partial charge in [0.1, 0.15) is 0 Å². The van der Waals surface area contributed by atoms with Gasteiger partial charge in [-0.15, -0.1) is 0 Å². The molecule has 5 rings (SSSR count). The number of benzene rings is 5. The summed E-state index contributed by atoms with van der Waals surface area (Å²) in [4.78, 5) is 0. The maximum absolute atomic E-state index is 8.57. The quantitative estimate of drug-likeness (QED) is 0.296. The summed E-state index contributed by atoms with van der Waals surface area (Å²) in [5.74, 6) is 0. The van der Waals surface area contributed by atoms with Crippen LogP contribution in [0, 0.1) is 0 Å². The van der Waals surface area contributed by atoms with Crippen molar-refractivity contribution >= 4 is 21.5 Å². The highest BCUT2D eigenvalue weighted by molar-refractivity contribution is 6.21. The van der Waals surface area contributed by atoms with E-state index in [1.807, 2.05) is 66.7 Å². The molecule has 0 aliphatic rings. The minimum Gasteiger partial charge on any atom is -0.0622 e. The van der Waals surface area contributed by atoms with Gasteiger partial charge < -0.3 is 0 Å². The summed E-state index contributed by atoms with van der Waals surface area (Å²) in [7, 11) is 0. The van der Waals surface area contributed by atoms with Gasteiger partial charge in [-0.3, -0.25) is 0 Å². The average molecular weight is 335 g/mol. The van der Waals surface area contributed by atoms with Crippen LogP contribution in [-0.2, 0) is 0 Å². The van der Waals surface area contributed by atoms with E-state index in [9.17, 15) is 0 Å². The number of hydrogen-bond donors (Lipinski definition) is 0. The summed E-state index contributed by atoms with van der Waals surface area (Å²) in [6.07, 6.45) is 0. The van der Waals surface area contributed by atoms with Crippen molar-refractivity contribution < 1.29 is 6.85 Å².